The molecule has 6 heteroatoms. The maximum absolute atomic E-state index is 5.86. The Morgan fingerprint density at radius 2 is 1.79 bits per heavy atom. The lowest BCUT2D eigenvalue weighted by atomic mass is 10.1. The van der Waals surface area contributed by atoms with Crippen LogP contribution in [0.15, 0.2) is 30.5 Å². The molecule has 2 rings (SSSR count). The molecule has 6 nitrogen and oxygen atoms in total. The van der Waals surface area contributed by atoms with E-state index in [9.17, 15) is 0 Å². The van der Waals surface area contributed by atoms with Gasteiger partial charge in [0.1, 0.15) is 5.82 Å². The second kappa shape index (κ2) is 5.34. The van der Waals surface area contributed by atoms with Crippen LogP contribution in [0.2, 0.25) is 0 Å². The number of nitrogen functional groups attached to an aromatic ring is 4. The number of anilines is 5. The molecule has 0 amide bonds. The molecular weight excluding hydrogens is 240 g/mol. The summed E-state index contributed by atoms with van der Waals surface area (Å²) in [6.45, 7) is 0.684. The van der Waals surface area contributed by atoms with Gasteiger partial charge >= 0.3 is 0 Å². The average Bonchev–Trinajstić information content (AvgIpc) is 2.36. The van der Waals surface area contributed by atoms with Crippen molar-refractivity contribution in [2.75, 3.05) is 34.8 Å². The Bertz CT molecular complexity index is 581. The standard InChI is InChI=1S/C13H18N6/c14-9-1-2-12(11(16)6-9)18-4-3-8-5-10(15)7-19-13(8)17/h1-2,5-7,18H,3-4,14-16H2,(H2,17,19). The van der Waals surface area contributed by atoms with E-state index in [1.54, 1.807) is 18.3 Å². The van der Waals surface area contributed by atoms with E-state index in [1.807, 2.05) is 12.1 Å². The molecule has 19 heavy (non-hydrogen) atoms. The molecule has 0 aliphatic rings. The molecular formula is C13H18N6. The van der Waals surface area contributed by atoms with Crippen LogP contribution in [0.4, 0.5) is 28.6 Å². The fourth-order valence-electron chi connectivity index (χ4n) is 1.81. The van der Waals surface area contributed by atoms with Crippen molar-refractivity contribution in [3.05, 3.63) is 36.0 Å². The van der Waals surface area contributed by atoms with Gasteiger partial charge in [0.2, 0.25) is 0 Å². The van der Waals surface area contributed by atoms with E-state index in [0.29, 0.717) is 35.8 Å². The minimum absolute atomic E-state index is 0.501. The largest absolute Gasteiger partial charge is 0.399 e. The Labute approximate surface area is 111 Å². The second-order valence-electron chi connectivity index (χ2n) is 4.34. The third kappa shape index (κ3) is 3.19. The highest BCUT2D eigenvalue weighted by atomic mass is 14.9. The third-order valence-corrected chi connectivity index (χ3v) is 2.81. The molecule has 0 unspecified atom stereocenters. The normalized spacial score (nSPS) is 10.3. The smallest absolute Gasteiger partial charge is 0.126 e. The molecule has 9 N–H and O–H groups in total. The van der Waals surface area contributed by atoms with Crippen molar-refractivity contribution in [2.45, 2.75) is 6.42 Å². The number of pyridine rings is 1. The second-order valence-corrected chi connectivity index (χ2v) is 4.34. The van der Waals surface area contributed by atoms with Crippen LogP contribution in [0, 0.1) is 0 Å². The predicted molar refractivity (Wildman–Crippen MR) is 80.5 cm³/mol. The summed E-state index contributed by atoms with van der Waals surface area (Å²) in [5, 5.41) is 3.23. The van der Waals surface area contributed by atoms with Gasteiger partial charge in [-0.05, 0) is 36.2 Å². The Morgan fingerprint density at radius 1 is 1.00 bits per heavy atom. The van der Waals surface area contributed by atoms with Gasteiger partial charge in [-0.1, -0.05) is 0 Å². The first kappa shape index (κ1) is 12.8. The van der Waals surface area contributed by atoms with E-state index in [2.05, 4.69) is 10.3 Å². The highest BCUT2D eigenvalue weighted by molar-refractivity contribution is 5.70. The van der Waals surface area contributed by atoms with Crippen molar-refractivity contribution in [3.8, 4) is 0 Å². The van der Waals surface area contributed by atoms with E-state index in [0.717, 1.165) is 11.3 Å². The minimum atomic E-state index is 0.501. The monoisotopic (exact) mass is 258 g/mol. The molecule has 0 atom stereocenters. The third-order valence-electron chi connectivity index (χ3n) is 2.81. The van der Waals surface area contributed by atoms with Crippen molar-refractivity contribution in [3.63, 3.8) is 0 Å². The average molecular weight is 258 g/mol. The van der Waals surface area contributed by atoms with Gasteiger partial charge < -0.3 is 28.3 Å². The zero-order valence-electron chi connectivity index (χ0n) is 10.6. The first-order valence-electron chi connectivity index (χ1n) is 5.95. The van der Waals surface area contributed by atoms with Crippen LogP contribution >= 0.6 is 0 Å². The lowest BCUT2D eigenvalue weighted by Gasteiger charge is -2.11. The Balaban J connectivity index is 1.98. The fraction of sp³-hybridized carbons (Fsp3) is 0.154. The maximum Gasteiger partial charge on any atom is 0.126 e. The lowest BCUT2D eigenvalue weighted by Crippen LogP contribution is -2.09. The summed E-state index contributed by atoms with van der Waals surface area (Å²) < 4.78 is 0. The summed E-state index contributed by atoms with van der Waals surface area (Å²) in [6.07, 6.45) is 2.26. The first-order chi connectivity index (χ1) is 9.06. The maximum atomic E-state index is 5.86. The summed E-state index contributed by atoms with van der Waals surface area (Å²) >= 11 is 0. The van der Waals surface area contributed by atoms with Crippen molar-refractivity contribution in [1.29, 1.82) is 0 Å². The van der Waals surface area contributed by atoms with Gasteiger partial charge in [0.25, 0.3) is 0 Å². The minimum Gasteiger partial charge on any atom is -0.399 e. The molecule has 0 aliphatic carbocycles. The van der Waals surface area contributed by atoms with Crippen LogP contribution in [0.25, 0.3) is 0 Å². The number of rotatable bonds is 4. The summed E-state index contributed by atoms with van der Waals surface area (Å²) in [5.74, 6) is 0.501. The van der Waals surface area contributed by atoms with E-state index in [-0.39, 0.29) is 0 Å². The van der Waals surface area contributed by atoms with Gasteiger partial charge in [-0.15, -0.1) is 0 Å². The van der Waals surface area contributed by atoms with E-state index >= 15 is 0 Å². The summed E-state index contributed by atoms with van der Waals surface area (Å²) in [6, 6.07) is 7.20. The number of aromatic nitrogens is 1. The summed E-state index contributed by atoms with van der Waals surface area (Å²) in [7, 11) is 0. The quantitative estimate of drug-likeness (QED) is 0.521. The van der Waals surface area contributed by atoms with E-state index < -0.39 is 0 Å². The molecule has 0 saturated carbocycles. The lowest BCUT2D eigenvalue weighted by molar-refractivity contribution is 1.01. The van der Waals surface area contributed by atoms with Gasteiger partial charge in [0.15, 0.2) is 0 Å². The van der Waals surface area contributed by atoms with E-state index in [1.165, 1.54) is 0 Å². The fourth-order valence-corrected chi connectivity index (χ4v) is 1.81. The number of hydrogen-bond donors (Lipinski definition) is 5. The molecule has 0 radical (unpaired) electrons. The summed E-state index contributed by atoms with van der Waals surface area (Å²) in [4.78, 5) is 4.02. The van der Waals surface area contributed by atoms with Crippen LogP contribution in [-0.4, -0.2) is 11.5 Å². The molecule has 0 saturated heterocycles. The molecule has 0 bridgehead atoms. The van der Waals surface area contributed by atoms with Gasteiger partial charge in [0.05, 0.1) is 23.3 Å². The zero-order valence-corrected chi connectivity index (χ0v) is 10.6. The number of nitrogens with zero attached hydrogens (tertiary/aromatic N) is 1. The van der Waals surface area contributed by atoms with Crippen LogP contribution in [-0.2, 0) is 6.42 Å². The highest BCUT2D eigenvalue weighted by Crippen LogP contribution is 2.21. The molecule has 0 fully saturated rings. The summed E-state index contributed by atoms with van der Waals surface area (Å²) in [5.41, 5.74) is 26.6. The number of hydrogen-bond acceptors (Lipinski definition) is 6. The van der Waals surface area contributed by atoms with Crippen LogP contribution in [0.3, 0.4) is 0 Å². The Kier molecular flexibility index (Phi) is 3.61. The van der Waals surface area contributed by atoms with E-state index in [4.69, 9.17) is 22.9 Å². The number of benzene rings is 1. The molecule has 0 aliphatic heterocycles. The molecule has 1 heterocycles. The van der Waals surface area contributed by atoms with Crippen molar-refractivity contribution >= 4 is 28.6 Å². The molecule has 1 aromatic carbocycles. The first-order valence-corrected chi connectivity index (χ1v) is 5.95. The van der Waals surface area contributed by atoms with Gasteiger partial charge in [-0.2, -0.15) is 0 Å². The van der Waals surface area contributed by atoms with Crippen molar-refractivity contribution in [1.82, 2.24) is 4.98 Å². The van der Waals surface area contributed by atoms with Crippen molar-refractivity contribution < 1.29 is 0 Å². The van der Waals surface area contributed by atoms with Crippen molar-refractivity contribution in [2.24, 2.45) is 0 Å². The van der Waals surface area contributed by atoms with Gasteiger partial charge in [-0.25, -0.2) is 4.98 Å². The predicted octanol–water partition coefficient (Wildman–Crippen LogP) is 1.07. The molecule has 0 spiro atoms. The van der Waals surface area contributed by atoms with Gasteiger partial charge in [-0.3, -0.25) is 0 Å². The Morgan fingerprint density at radius 3 is 2.53 bits per heavy atom. The SMILES string of the molecule is Nc1ccc(NCCc2cc(N)cnc2N)c(N)c1. The number of nitrogens with one attached hydrogen (secondary N) is 1. The molecule has 2 aromatic rings. The van der Waals surface area contributed by atoms with Crippen LogP contribution < -0.4 is 28.3 Å². The topological polar surface area (TPSA) is 129 Å². The van der Waals surface area contributed by atoms with Gasteiger partial charge in [0, 0.05) is 12.2 Å². The molecule has 1 aromatic heterocycles. The van der Waals surface area contributed by atoms with Crippen LogP contribution in [0.5, 0.6) is 0 Å². The van der Waals surface area contributed by atoms with Crippen LogP contribution in [0.1, 0.15) is 5.56 Å². The Hall–Kier alpha value is -2.63. The number of nitrogens with two attached hydrogens (primary N) is 4. The molecule has 100 valence electrons. The zero-order chi connectivity index (χ0) is 13.8. The highest BCUT2D eigenvalue weighted by Gasteiger charge is 2.03.